The minimum absolute atomic E-state index is 0.0572. The Morgan fingerprint density at radius 2 is 1.51 bits per heavy atom. The number of fused-ring (bicyclic) bond motifs is 3. The van der Waals surface area contributed by atoms with Crippen LogP contribution >= 0.6 is 11.8 Å². The second-order valence-electron chi connectivity index (χ2n) is 8.83. The van der Waals surface area contributed by atoms with E-state index in [9.17, 15) is 24.3 Å². The predicted molar refractivity (Wildman–Crippen MR) is 146 cm³/mol. The highest BCUT2D eigenvalue weighted by Crippen LogP contribution is 2.44. The first kappa shape index (κ1) is 27.9. The summed E-state index contributed by atoms with van der Waals surface area (Å²) in [6.45, 7) is -0.250. The van der Waals surface area contributed by atoms with E-state index in [-0.39, 0.29) is 36.4 Å². The van der Waals surface area contributed by atoms with E-state index in [0.717, 1.165) is 39.1 Å². The molecule has 1 aliphatic carbocycles. The number of hydrogen-bond donors (Lipinski definition) is 2. The molecule has 1 aliphatic rings. The topological polar surface area (TPSA) is 122 Å². The van der Waals surface area contributed by atoms with Crippen molar-refractivity contribution in [1.82, 2.24) is 10.4 Å². The van der Waals surface area contributed by atoms with E-state index in [1.54, 1.807) is 30.3 Å². The third-order valence-electron chi connectivity index (χ3n) is 6.28. The minimum Gasteiger partial charge on any atom is -0.480 e. The number of benzene rings is 3. The molecular formula is C29H28N2O7S. The number of carboxylic acids is 1. The van der Waals surface area contributed by atoms with Crippen molar-refractivity contribution in [3.8, 4) is 11.1 Å². The number of hydroxylamine groups is 2. The Hall–Kier alpha value is -4.15. The lowest BCUT2D eigenvalue weighted by molar-refractivity contribution is -0.170. The molecule has 0 aliphatic heterocycles. The molecule has 0 saturated carbocycles. The van der Waals surface area contributed by atoms with Crippen LogP contribution in [0.4, 0.5) is 4.79 Å². The number of alkyl carbamates (subject to hydrolysis) is 1. The Kier molecular flexibility index (Phi) is 9.35. The number of nitrogens with zero attached hydrogens (tertiary/aromatic N) is 1. The monoisotopic (exact) mass is 548 g/mol. The maximum atomic E-state index is 12.5. The molecule has 0 saturated heterocycles. The summed E-state index contributed by atoms with van der Waals surface area (Å²) >= 11 is 1.02. The minimum atomic E-state index is -1.26. The third-order valence-corrected chi connectivity index (χ3v) is 7.30. The lowest BCUT2D eigenvalue weighted by Gasteiger charge is -2.18. The van der Waals surface area contributed by atoms with Gasteiger partial charge in [-0.05, 0) is 22.3 Å². The largest absolute Gasteiger partial charge is 0.480 e. The molecule has 3 aromatic rings. The first-order valence-corrected chi connectivity index (χ1v) is 13.4. The summed E-state index contributed by atoms with van der Waals surface area (Å²) in [5.41, 5.74) is 4.74. The van der Waals surface area contributed by atoms with Gasteiger partial charge in [0.05, 0.1) is 5.75 Å². The lowest BCUT2D eigenvalue weighted by Crippen LogP contribution is -2.43. The van der Waals surface area contributed by atoms with Crippen molar-refractivity contribution in [2.45, 2.75) is 12.0 Å². The van der Waals surface area contributed by atoms with Gasteiger partial charge in [-0.3, -0.25) is 14.4 Å². The number of thioether (sulfide) groups is 1. The van der Waals surface area contributed by atoms with Gasteiger partial charge in [0, 0.05) is 24.3 Å². The Bertz CT molecular complexity index is 1300. The molecule has 0 bridgehead atoms. The molecule has 0 aromatic heterocycles. The Morgan fingerprint density at radius 3 is 2.13 bits per heavy atom. The molecule has 0 heterocycles. The fourth-order valence-corrected chi connectivity index (χ4v) is 5.18. The summed E-state index contributed by atoms with van der Waals surface area (Å²) in [4.78, 5) is 53.9. The highest BCUT2D eigenvalue weighted by Gasteiger charge is 2.30. The van der Waals surface area contributed by atoms with Crippen LogP contribution in [0.25, 0.3) is 11.1 Å². The molecule has 10 heteroatoms. The van der Waals surface area contributed by atoms with Crippen molar-refractivity contribution >= 4 is 35.5 Å². The number of nitrogens with one attached hydrogen (secondary N) is 1. The zero-order chi connectivity index (χ0) is 27.8. The molecule has 4 rings (SSSR count). The van der Waals surface area contributed by atoms with Gasteiger partial charge in [0.25, 0.3) is 5.91 Å². The number of amides is 2. The summed E-state index contributed by atoms with van der Waals surface area (Å²) < 4.78 is 5.43. The van der Waals surface area contributed by atoms with Gasteiger partial charge in [-0.1, -0.05) is 78.9 Å². The number of ether oxygens (including phenoxy) is 1. The molecule has 0 spiro atoms. The van der Waals surface area contributed by atoms with Crippen LogP contribution in [0.5, 0.6) is 0 Å². The van der Waals surface area contributed by atoms with E-state index in [1.165, 1.54) is 7.05 Å². The number of carbonyl (C=O) groups excluding carboxylic acids is 3. The van der Waals surface area contributed by atoms with E-state index in [2.05, 4.69) is 5.32 Å². The molecule has 202 valence electrons. The van der Waals surface area contributed by atoms with Crippen molar-refractivity contribution in [1.29, 1.82) is 0 Å². The van der Waals surface area contributed by atoms with Gasteiger partial charge >= 0.3 is 12.1 Å². The molecule has 2 N–H and O–H groups in total. The van der Waals surface area contributed by atoms with Crippen molar-refractivity contribution in [2.24, 2.45) is 0 Å². The van der Waals surface area contributed by atoms with Gasteiger partial charge in [0.2, 0.25) is 0 Å². The second-order valence-corrected chi connectivity index (χ2v) is 9.86. The standard InChI is InChI=1S/C29H28N2O7S/c1-31(38-16-26(32)19-9-3-2-4-10-19)27(33)18-39-17-25(28(34)35)30-29(36)37-15-24-22-13-7-5-11-20(22)21-12-6-8-14-23(21)24/h2-14,24-25H,15-18H2,1H3,(H,30,36)(H,34,35)/t25-/m0/s1. The number of hydrogen-bond acceptors (Lipinski definition) is 7. The molecule has 39 heavy (non-hydrogen) atoms. The summed E-state index contributed by atoms with van der Waals surface area (Å²) in [6, 6.07) is 23.1. The highest BCUT2D eigenvalue weighted by atomic mass is 32.2. The van der Waals surface area contributed by atoms with Crippen LogP contribution < -0.4 is 5.32 Å². The lowest BCUT2D eigenvalue weighted by atomic mass is 9.98. The van der Waals surface area contributed by atoms with Gasteiger partial charge in [-0.2, -0.15) is 0 Å². The van der Waals surface area contributed by atoms with Crippen molar-refractivity contribution in [2.75, 3.05) is 31.8 Å². The molecule has 2 amide bonds. The maximum absolute atomic E-state index is 12.5. The summed E-state index contributed by atoms with van der Waals surface area (Å²) in [5, 5.41) is 12.9. The predicted octanol–water partition coefficient (Wildman–Crippen LogP) is 3.98. The van der Waals surface area contributed by atoms with Crippen molar-refractivity contribution < 1.29 is 33.9 Å². The molecule has 0 fully saturated rings. The maximum Gasteiger partial charge on any atom is 0.407 e. The number of carbonyl (C=O) groups is 4. The van der Waals surface area contributed by atoms with Gasteiger partial charge in [-0.15, -0.1) is 11.8 Å². The van der Waals surface area contributed by atoms with Crippen LogP contribution in [0, 0.1) is 0 Å². The Morgan fingerprint density at radius 1 is 0.923 bits per heavy atom. The zero-order valence-corrected chi connectivity index (χ0v) is 22.1. The summed E-state index contributed by atoms with van der Waals surface area (Å²) in [6.07, 6.45) is -0.851. The number of rotatable bonds is 12. The van der Waals surface area contributed by atoms with Crippen LogP contribution in [-0.2, 0) is 19.2 Å². The van der Waals surface area contributed by atoms with E-state index in [1.807, 2.05) is 48.5 Å². The normalized spacial score (nSPS) is 12.6. The highest BCUT2D eigenvalue weighted by molar-refractivity contribution is 8.00. The van der Waals surface area contributed by atoms with Gasteiger partial charge in [0.1, 0.15) is 19.3 Å². The van der Waals surface area contributed by atoms with Gasteiger partial charge in [0.15, 0.2) is 5.78 Å². The quantitative estimate of drug-likeness (QED) is 0.257. The van der Waals surface area contributed by atoms with Gasteiger partial charge < -0.3 is 15.2 Å². The van der Waals surface area contributed by atoms with Crippen LogP contribution in [0.1, 0.15) is 27.4 Å². The molecule has 9 nitrogen and oxygen atoms in total. The Labute approximate surface area is 230 Å². The fourth-order valence-electron chi connectivity index (χ4n) is 4.25. The van der Waals surface area contributed by atoms with Crippen LogP contribution in [0.2, 0.25) is 0 Å². The first-order chi connectivity index (χ1) is 18.8. The van der Waals surface area contributed by atoms with Crippen molar-refractivity contribution in [3.05, 3.63) is 95.6 Å². The first-order valence-electron chi connectivity index (χ1n) is 12.2. The van der Waals surface area contributed by atoms with Crippen LogP contribution in [0.3, 0.4) is 0 Å². The number of aliphatic carboxylic acids is 1. The van der Waals surface area contributed by atoms with Crippen molar-refractivity contribution in [3.63, 3.8) is 0 Å². The van der Waals surface area contributed by atoms with E-state index >= 15 is 0 Å². The summed E-state index contributed by atoms with van der Waals surface area (Å²) in [5.74, 6) is -2.30. The van der Waals surface area contributed by atoms with E-state index < -0.39 is 24.0 Å². The molecule has 1 atom stereocenters. The molecule has 3 aromatic carbocycles. The average molecular weight is 549 g/mol. The Balaban J connectivity index is 1.22. The molecular weight excluding hydrogens is 520 g/mol. The van der Waals surface area contributed by atoms with E-state index in [4.69, 9.17) is 9.57 Å². The van der Waals surface area contributed by atoms with Crippen LogP contribution in [0.15, 0.2) is 78.9 Å². The number of Topliss-reactive ketones (excluding diaryl/α,β-unsaturated/α-hetero) is 1. The molecule has 0 radical (unpaired) electrons. The third kappa shape index (κ3) is 7.04. The van der Waals surface area contributed by atoms with Gasteiger partial charge in [-0.25, -0.2) is 14.7 Å². The zero-order valence-electron chi connectivity index (χ0n) is 21.2. The SMILES string of the molecule is CN(OCC(=O)c1ccccc1)C(=O)CSC[C@H](NC(=O)OCC1c2ccccc2-c2ccccc21)C(=O)O. The summed E-state index contributed by atoms with van der Waals surface area (Å²) in [7, 11) is 1.38. The molecule has 0 unspecified atom stereocenters. The smallest absolute Gasteiger partial charge is 0.407 e. The van der Waals surface area contributed by atoms with E-state index in [0.29, 0.717) is 5.56 Å². The second kappa shape index (κ2) is 13.1. The van der Waals surface area contributed by atoms with Crippen LogP contribution in [-0.4, -0.2) is 71.7 Å². The average Bonchev–Trinajstić information content (AvgIpc) is 3.28. The number of ketones is 1. The number of carboxylic acid groups (broad SMARTS) is 1. The fraction of sp³-hybridized carbons (Fsp3) is 0.241.